The van der Waals surface area contributed by atoms with E-state index >= 15 is 0 Å². The van der Waals surface area contributed by atoms with Crippen LogP contribution in [0.25, 0.3) is 11.1 Å². The van der Waals surface area contributed by atoms with E-state index in [1.54, 1.807) is 0 Å². The Morgan fingerprint density at radius 1 is 0.789 bits per heavy atom. The summed E-state index contributed by atoms with van der Waals surface area (Å²) in [7, 11) is 3.32. The summed E-state index contributed by atoms with van der Waals surface area (Å²) >= 11 is 0. The van der Waals surface area contributed by atoms with Gasteiger partial charge in [-0.2, -0.15) is 0 Å². The molecule has 0 saturated carbocycles. The molecule has 2 amide bonds. The van der Waals surface area contributed by atoms with Crippen molar-refractivity contribution in [2.75, 3.05) is 20.7 Å². The number of carbonyl (C=O) groups excluding carboxylic acids is 2. The summed E-state index contributed by atoms with van der Waals surface area (Å²) < 4.78 is 18.5. The highest BCUT2D eigenvalue weighted by molar-refractivity contribution is 5.83. The number of ether oxygens (including phenoxy) is 3. The highest BCUT2D eigenvalue weighted by atomic mass is 16.7. The maximum Gasteiger partial charge on any atom is 0.328 e. The fourth-order valence-electron chi connectivity index (χ4n) is 7.25. The summed E-state index contributed by atoms with van der Waals surface area (Å²) in [5.74, 6) is -0.549. The van der Waals surface area contributed by atoms with Gasteiger partial charge in [-0.3, -0.25) is 4.90 Å². The zero-order valence-electron chi connectivity index (χ0n) is 33.0. The minimum atomic E-state index is -0.831. The predicted molar refractivity (Wildman–Crippen MR) is 220 cm³/mol. The lowest BCUT2D eigenvalue weighted by molar-refractivity contribution is -0.276. The summed E-state index contributed by atoms with van der Waals surface area (Å²) in [5.41, 5.74) is 7.24. The summed E-state index contributed by atoms with van der Waals surface area (Å²) in [6, 6.07) is 41.5. The van der Waals surface area contributed by atoms with E-state index in [2.05, 4.69) is 28.5 Å². The van der Waals surface area contributed by atoms with Crippen molar-refractivity contribution in [1.82, 2.24) is 15.5 Å². The number of hydrogen-bond acceptors (Lipinski definition) is 8. The molecular weight excluding hydrogens is 719 g/mol. The van der Waals surface area contributed by atoms with Crippen LogP contribution < -0.4 is 10.6 Å². The molecule has 10 nitrogen and oxygen atoms in total. The number of benzene rings is 5. The fourth-order valence-corrected chi connectivity index (χ4v) is 7.25. The van der Waals surface area contributed by atoms with Crippen molar-refractivity contribution in [3.8, 4) is 11.1 Å². The van der Waals surface area contributed by atoms with Crippen molar-refractivity contribution in [2.45, 2.75) is 70.1 Å². The lowest BCUT2D eigenvalue weighted by Gasteiger charge is -2.43. The smallest absolute Gasteiger partial charge is 0.328 e. The number of nitrogens with zero attached hydrogens (tertiary/aromatic N) is 1. The Balaban J connectivity index is 1.17. The number of carbonyl (C=O) groups is 2. The number of methoxy groups -OCH3 is 1. The van der Waals surface area contributed by atoms with Gasteiger partial charge in [0.25, 0.3) is 0 Å². The number of nitrogens with one attached hydrogen (secondary N) is 2. The number of esters is 1. The predicted octanol–water partition coefficient (Wildman–Crippen LogP) is 7.27. The van der Waals surface area contributed by atoms with Crippen molar-refractivity contribution in [3.63, 3.8) is 0 Å². The monoisotopic (exact) mass is 771 g/mol. The van der Waals surface area contributed by atoms with Gasteiger partial charge in [0.05, 0.1) is 32.0 Å². The minimum absolute atomic E-state index is 0.0319. The van der Waals surface area contributed by atoms with Crippen molar-refractivity contribution < 1.29 is 34.0 Å². The maximum atomic E-state index is 12.9. The molecule has 0 bridgehead atoms. The first-order valence-corrected chi connectivity index (χ1v) is 19.4. The van der Waals surface area contributed by atoms with Crippen LogP contribution in [0.5, 0.6) is 0 Å². The Morgan fingerprint density at radius 3 is 2.12 bits per heavy atom. The Kier molecular flexibility index (Phi) is 14.2. The lowest BCUT2D eigenvalue weighted by Crippen LogP contribution is -2.47. The zero-order valence-corrected chi connectivity index (χ0v) is 33.0. The van der Waals surface area contributed by atoms with E-state index in [4.69, 9.17) is 14.2 Å². The van der Waals surface area contributed by atoms with Crippen molar-refractivity contribution in [3.05, 3.63) is 167 Å². The average molecular weight is 772 g/mol. The van der Waals surface area contributed by atoms with Gasteiger partial charge in [0.2, 0.25) is 0 Å². The topological polar surface area (TPSA) is 130 Å². The average Bonchev–Trinajstić information content (AvgIpc) is 3.26. The third-order valence-corrected chi connectivity index (χ3v) is 10.8. The second-order valence-corrected chi connectivity index (χ2v) is 14.8. The van der Waals surface area contributed by atoms with E-state index in [1.165, 1.54) is 7.11 Å². The first kappa shape index (κ1) is 41.3. The molecule has 0 radical (unpaired) electrons. The van der Waals surface area contributed by atoms with Crippen LogP contribution in [0.15, 0.2) is 133 Å². The number of likely N-dealkylation sites (N-methyl/N-ethyl adjacent to an activating group) is 1. The first-order chi connectivity index (χ1) is 27.6. The molecule has 0 spiro atoms. The minimum Gasteiger partial charge on any atom is -0.467 e. The van der Waals surface area contributed by atoms with Crippen LogP contribution >= 0.6 is 0 Å². The highest BCUT2D eigenvalue weighted by Gasteiger charge is 2.39. The molecule has 298 valence electrons. The van der Waals surface area contributed by atoms with Crippen LogP contribution in [0.3, 0.4) is 0 Å². The SMILES string of the molecule is COC(=O)[C@H](Cc1ccccc1)NC(=O)NCc1cccc(-c2cccc([C@H]3O[C@@H](CN(C)[C@@H](C)[C@H](O)c4ccccc4)[C@@H](C)[C@@H](c4ccc(CO)cc4)O3)c2)c1. The van der Waals surface area contributed by atoms with Crippen LogP contribution in [-0.2, 0) is 38.6 Å². The molecule has 1 heterocycles. The van der Waals surface area contributed by atoms with E-state index < -0.39 is 30.4 Å². The second kappa shape index (κ2) is 19.7. The molecule has 5 aromatic carbocycles. The number of aliphatic hydroxyl groups excluding tert-OH is 2. The van der Waals surface area contributed by atoms with Crippen LogP contribution in [0.1, 0.15) is 65.7 Å². The van der Waals surface area contributed by atoms with Crippen molar-refractivity contribution >= 4 is 12.0 Å². The molecule has 0 aliphatic carbocycles. The van der Waals surface area contributed by atoms with Crippen LogP contribution in [0, 0.1) is 5.92 Å². The van der Waals surface area contributed by atoms with Gasteiger partial charge in [-0.15, -0.1) is 0 Å². The standard InChI is InChI=1S/C47H53N3O7/c1-31-42(29-50(3)32(2)43(52)36-16-9-6-10-17-36)56-46(57-44(31)37-23-21-34(30-51)22-24-37)40-20-12-19-39(27-40)38-18-11-15-35(25-38)28-48-47(54)49-41(45(53)55-4)26-33-13-7-5-8-14-33/h5-25,27,31-32,41-44,46,51-52H,26,28-30H2,1-4H3,(H2,48,49,54)/t31-,32+,41+,42+,43+,44+,46+/m1/s1. The molecule has 1 saturated heterocycles. The van der Waals surface area contributed by atoms with Gasteiger partial charge < -0.3 is 35.1 Å². The van der Waals surface area contributed by atoms with Gasteiger partial charge in [-0.05, 0) is 65.0 Å². The zero-order chi connectivity index (χ0) is 40.3. The summed E-state index contributed by atoms with van der Waals surface area (Å²) in [6.07, 6.45) is -1.57. The Hall–Kier alpha value is -5.36. The first-order valence-electron chi connectivity index (χ1n) is 19.4. The number of amides is 2. The van der Waals surface area contributed by atoms with Crippen LogP contribution in [0.4, 0.5) is 4.79 Å². The Labute approximate surface area is 335 Å². The third kappa shape index (κ3) is 10.7. The quantitative estimate of drug-likeness (QED) is 0.0819. The number of rotatable bonds is 15. The normalized spacial score (nSPS) is 19.6. The molecule has 4 N–H and O–H groups in total. The maximum absolute atomic E-state index is 12.9. The highest BCUT2D eigenvalue weighted by Crippen LogP contribution is 2.42. The molecule has 1 aliphatic heterocycles. The fraction of sp³-hybridized carbons (Fsp3) is 0.319. The Morgan fingerprint density at radius 2 is 1.44 bits per heavy atom. The molecule has 5 aromatic rings. The third-order valence-electron chi connectivity index (χ3n) is 10.8. The summed E-state index contributed by atoms with van der Waals surface area (Å²) in [4.78, 5) is 27.5. The van der Waals surface area contributed by atoms with Gasteiger partial charge in [0.15, 0.2) is 6.29 Å². The van der Waals surface area contributed by atoms with E-state index in [1.807, 2.05) is 141 Å². The lowest BCUT2D eigenvalue weighted by atomic mass is 9.89. The van der Waals surface area contributed by atoms with Gasteiger partial charge in [-0.25, -0.2) is 9.59 Å². The van der Waals surface area contributed by atoms with Crippen molar-refractivity contribution in [2.24, 2.45) is 5.92 Å². The van der Waals surface area contributed by atoms with Gasteiger partial charge in [0.1, 0.15) is 6.04 Å². The molecule has 1 aliphatic rings. The largest absolute Gasteiger partial charge is 0.467 e. The van der Waals surface area contributed by atoms with E-state index in [0.717, 1.165) is 44.5 Å². The van der Waals surface area contributed by atoms with Crippen LogP contribution in [-0.4, -0.2) is 66.0 Å². The van der Waals surface area contributed by atoms with E-state index in [0.29, 0.717) is 13.0 Å². The molecule has 0 aromatic heterocycles. The summed E-state index contributed by atoms with van der Waals surface area (Å²) in [6.45, 7) is 4.92. The van der Waals surface area contributed by atoms with Crippen LogP contribution in [0.2, 0.25) is 0 Å². The van der Waals surface area contributed by atoms with Crippen molar-refractivity contribution in [1.29, 1.82) is 0 Å². The Bertz CT molecular complexity index is 2050. The molecule has 0 unspecified atom stereocenters. The van der Waals surface area contributed by atoms with Gasteiger partial charge in [-0.1, -0.05) is 128 Å². The second-order valence-electron chi connectivity index (χ2n) is 14.8. The molecule has 6 rings (SSSR count). The number of hydrogen-bond donors (Lipinski definition) is 4. The number of urea groups is 1. The van der Waals surface area contributed by atoms with E-state index in [-0.39, 0.29) is 37.3 Å². The molecule has 10 heteroatoms. The number of aliphatic hydroxyl groups is 2. The summed E-state index contributed by atoms with van der Waals surface area (Å²) in [5, 5.41) is 26.5. The van der Waals surface area contributed by atoms with Gasteiger partial charge >= 0.3 is 12.0 Å². The molecule has 1 fully saturated rings. The molecular formula is C47H53N3O7. The van der Waals surface area contributed by atoms with E-state index in [9.17, 15) is 19.8 Å². The molecule has 7 atom stereocenters. The van der Waals surface area contributed by atoms with Gasteiger partial charge in [0, 0.05) is 37.0 Å². The molecule has 57 heavy (non-hydrogen) atoms.